The van der Waals surface area contributed by atoms with Crippen molar-refractivity contribution >= 4 is 11.4 Å². The van der Waals surface area contributed by atoms with E-state index in [0.29, 0.717) is 36.9 Å². The summed E-state index contributed by atoms with van der Waals surface area (Å²) in [5, 5.41) is 0. The van der Waals surface area contributed by atoms with Crippen molar-refractivity contribution in [2.45, 2.75) is 12.8 Å². The Morgan fingerprint density at radius 1 is 0.773 bits per heavy atom. The standard InChI is InChI=1S/C18H18F2N2/c19-11-1-3-16-15(13-5-7-14(21)8-6-13)9-10-18(22)17(16)4-2-12-20/h1-2,5-12H,3-4,21-22H2. The maximum atomic E-state index is 12.4. The van der Waals surface area contributed by atoms with E-state index in [9.17, 15) is 8.78 Å². The van der Waals surface area contributed by atoms with Gasteiger partial charge in [0, 0.05) is 11.4 Å². The molecule has 22 heavy (non-hydrogen) atoms. The minimum Gasteiger partial charge on any atom is -0.399 e. The molecule has 4 N–H and O–H groups in total. The summed E-state index contributed by atoms with van der Waals surface area (Å²) in [6.45, 7) is 0. The van der Waals surface area contributed by atoms with E-state index in [4.69, 9.17) is 11.5 Å². The van der Waals surface area contributed by atoms with E-state index in [2.05, 4.69) is 0 Å². The first-order valence-electron chi connectivity index (χ1n) is 6.94. The van der Waals surface area contributed by atoms with E-state index >= 15 is 0 Å². The number of nitrogens with two attached hydrogens (primary N) is 2. The predicted molar refractivity (Wildman–Crippen MR) is 88.6 cm³/mol. The molecule has 0 amide bonds. The molecule has 4 heteroatoms. The van der Waals surface area contributed by atoms with Gasteiger partial charge in [-0.3, -0.25) is 0 Å². The van der Waals surface area contributed by atoms with E-state index in [0.717, 1.165) is 22.3 Å². The second-order valence-electron chi connectivity index (χ2n) is 4.91. The van der Waals surface area contributed by atoms with Crippen LogP contribution in [-0.2, 0) is 12.8 Å². The zero-order chi connectivity index (χ0) is 15.9. The highest BCUT2D eigenvalue weighted by atomic mass is 19.1. The number of halogens is 2. The molecule has 0 unspecified atom stereocenters. The van der Waals surface area contributed by atoms with Gasteiger partial charge in [-0.15, -0.1) is 0 Å². The summed E-state index contributed by atoms with van der Waals surface area (Å²) in [4.78, 5) is 0. The molecule has 0 atom stereocenters. The highest BCUT2D eigenvalue weighted by molar-refractivity contribution is 5.74. The lowest BCUT2D eigenvalue weighted by Crippen LogP contribution is -2.02. The fraction of sp³-hybridized carbons (Fsp3) is 0.111. The molecule has 2 nitrogen and oxygen atoms in total. The topological polar surface area (TPSA) is 52.0 Å². The van der Waals surface area contributed by atoms with Crippen LogP contribution in [0.3, 0.4) is 0 Å². The van der Waals surface area contributed by atoms with Gasteiger partial charge in [0.15, 0.2) is 0 Å². The molecule has 2 aromatic rings. The first-order chi connectivity index (χ1) is 10.7. The second kappa shape index (κ2) is 7.41. The largest absolute Gasteiger partial charge is 0.399 e. The van der Waals surface area contributed by atoms with Crippen LogP contribution in [0.1, 0.15) is 11.1 Å². The molecule has 0 aliphatic carbocycles. The van der Waals surface area contributed by atoms with E-state index in [1.165, 1.54) is 12.2 Å². The fourth-order valence-corrected chi connectivity index (χ4v) is 2.44. The van der Waals surface area contributed by atoms with Crippen LogP contribution in [-0.4, -0.2) is 0 Å². The number of benzene rings is 2. The van der Waals surface area contributed by atoms with Crippen molar-refractivity contribution in [3.63, 3.8) is 0 Å². The number of nitrogen functional groups attached to an aromatic ring is 2. The molecule has 0 bridgehead atoms. The van der Waals surface area contributed by atoms with Gasteiger partial charge in [-0.1, -0.05) is 30.4 Å². The maximum absolute atomic E-state index is 12.4. The van der Waals surface area contributed by atoms with Crippen LogP contribution < -0.4 is 11.5 Å². The van der Waals surface area contributed by atoms with Gasteiger partial charge in [-0.2, -0.15) is 0 Å². The summed E-state index contributed by atoms with van der Waals surface area (Å²) in [7, 11) is 0. The summed E-state index contributed by atoms with van der Waals surface area (Å²) in [5.41, 5.74) is 16.6. The smallest absolute Gasteiger partial charge is 0.0830 e. The normalized spacial score (nSPS) is 11.5. The average Bonchev–Trinajstić information content (AvgIpc) is 2.53. The molecule has 0 aromatic heterocycles. The Morgan fingerprint density at radius 3 is 1.95 bits per heavy atom. The third-order valence-corrected chi connectivity index (χ3v) is 3.51. The van der Waals surface area contributed by atoms with Gasteiger partial charge in [-0.25, -0.2) is 8.78 Å². The number of hydrogen-bond donors (Lipinski definition) is 2. The van der Waals surface area contributed by atoms with Crippen LogP contribution in [0.4, 0.5) is 20.2 Å². The van der Waals surface area contributed by atoms with Gasteiger partial charge in [0.25, 0.3) is 0 Å². The average molecular weight is 300 g/mol. The summed E-state index contributed by atoms with van der Waals surface area (Å²) in [5.74, 6) is 0. The molecule has 0 saturated heterocycles. The molecule has 0 aliphatic rings. The van der Waals surface area contributed by atoms with Crippen molar-refractivity contribution in [3.05, 3.63) is 72.3 Å². The van der Waals surface area contributed by atoms with Gasteiger partial charge in [0.05, 0.1) is 12.7 Å². The van der Waals surface area contributed by atoms with Crippen molar-refractivity contribution in [1.82, 2.24) is 0 Å². The Bertz CT molecular complexity index is 689. The first kappa shape index (κ1) is 15.8. The van der Waals surface area contributed by atoms with Crippen molar-refractivity contribution in [3.8, 4) is 11.1 Å². The molecule has 0 aliphatic heterocycles. The molecular weight excluding hydrogens is 282 g/mol. The van der Waals surface area contributed by atoms with Crippen LogP contribution in [0.25, 0.3) is 11.1 Å². The molecule has 0 saturated carbocycles. The minimum absolute atomic E-state index is 0.362. The summed E-state index contributed by atoms with van der Waals surface area (Å²) < 4.78 is 24.8. The number of allylic oxidation sites excluding steroid dienone is 2. The molecule has 2 aromatic carbocycles. The Hall–Kier alpha value is -2.62. The number of anilines is 2. The molecule has 114 valence electrons. The molecule has 2 rings (SSSR count). The Balaban J connectivity index is 2.58. The van der Waals surface area contributed by atoms with Crippen molar-refractivity contribution in [2.75, 3.05) is 11.5 Å². The quantitative estimate of drug-likeness (QED) is 0.795. The van der Waals surface area contributed by atoms with Crippen LogP contribution in [0.5, 0.6) is 0 Å². The van der Waals surface area contributed by atoms with Crippen molar-refractivity contribution < 1.29 is 8.78 Å². The van der Waals surface area contributed by atoms with Gasteiger partial charge < -0.3 is 11.5 Å². The number of rotatable bonds is 5. The lowest BCUT2D eigenvalue weighted by molar-refractivity contribution is 0.715. The van der Waals surface area contributed by atoms with E-state index in [1.54, 1.807) is 6.07 Å². The van der Waals surface area contributed by atoms with E-state index < -0.39 is 0 Å². The first-order valence-corrected chi connectivity index (χ1v) is 6.94. The molecule has 0 fully saturated rings. The zero-order valence-electron chi connectivity index (χ0n) is 12.1. The number of hydrogen-bond acceptors (Lipinski definition) is 2. The van der Waals surface area contributed by atoms with Crippen molar-refractivity contribution in [1.29, 1.82) is 0 Å². The molecule has 0 spiro atoms. The maximum Gasteiger partial charge on any atom is 0.0830 e. The lowest BCUT2D eigenvalue weighted by Gasteiger charge is -2.15. The van der Waals surface area contributed by atoms with Crippen LogP contribution in [0, 0.1) is 0 Å². The highest BCUT2D eigenvalue weighted by Crippen LogP contribution is 2.31. The zero-order valence-corrected chi connectivity index (χ0v) is 12.1. The van der Waals surface area contributed by atoms with E-state index in [-0.39, 0.29) is 0 Å². The predicted octanol–water partition coefficient (Wildman–Crippen LogP) is 4.57. The molecule has 0 radical (unpaired) electrons. The van der Waals surface area contributed by atoms with E-state index in [1.807, 2.05) is 30.3 Å². The minimum atomic E-state index is 0.362. The third-order valence-electron chi connectivity index (χ3n) is 3.51. The Labute approximate surface area is 128 Å². The second-order valence-corrected chi connectivity index (χ2v) is 4.91. The van der Waals surface area contributed by atoms with Crippen LogP contribution in [0.15, 0.2) is 61.2 Å². The Morgan fingerprint density at radius 2 is 1.36 bits per heavy atom. The fourth-order valence-electron chi connectivity index (χ4n) is 2.44. The van der Waals surface area contributed by atoms with Gasteiger partial charge in [-0.05, 0) is 53.3 Å². The summed E-state index contributed by atoms with van der Waals surface area (Å²) in [6, 6.07) is 11.1. The SMILES string of the molecule is Nc1ccc(-c2ccc(N)c(CC=CF)c2CC=CF)cc1. The van der Waals surface area contributed by atoms with Gasteiger partial charge >= 0.3 is 0 Å². The molecule has 0 heterocycles. The highest BCUT2D eigenvalue weighted by Gasteiger charge is 2.12. The molecular formula is C18H18F2N2. The summed E-state index contributed by atoms with van der Waals surface area (Å²) >= 11 is 0. The van der Waals surface area contributed by atoms with Gasteiger partial charge in [0.1, 0.15) is 0 Å². The third kappa shape index (κ3) is 3.52. The van der Waals surface area contributed by atoms with Gasteiger partial charge in [0.2, 0.25) is 0 Å². The van der Waals surface area contributed by atoms with Crippen LogP contribution in [0.2, 0.25) is 0 Å². The monoisotopic (exact) mass is 300 g/mol. The lowest BCUT2D eigenvalue weighted by atomic mass is 9.90. The van der Waals surface area contributed by atoms with Crippen LogP contribution >= 0.6 is 0 Å². The van der Waals surface area contributed by atoms with Crippen molar-refractivity contribution in [2.24, 2.45) is 0 Å². The summed E-state index contributed by atoms with van der Waals surface area (Å²) in [6.07, 6.45) is 4.55. The Kier molecular flexibility index (Phi) is 5.31.